The van der Waals surface area contributed by atoms with Crippen molar-refractivity contribution in [2.45, 2.75) is 19.3 Å². The second-order valence-corrected chi connectivity index (χ2v) is 3.30. The molecule has 0 radical (unpaired) electrons. The molecule has 0 unspecified atom stereocenters. The molecule has 1 rings (SSSR count). The van der Waals surface area contributed by atoms with Gasteiger partial charge in [0.15, 0.2) is 0 Å². The minimum absolute atomic E-state index is 0.257. The standard InChI is InChI=1S/C11H13N3O2/c12-7-2-1-3-8-13-11(16)9-5-4-6-10(15)14-9/h4-6H,1-3,8H2,(H,13,16)(H,14,15). The molecular weight excluding hydrogens is 206 g/mol. The van der Waals surface area contributed by atoms with Gasteiger partial charge in [0.1, 0.15) is 5.69 Å². The van der Waals surface area contributed by atoms with E-state index in [1.807, 2.05) is 6.07 Å². The van der Waals surface area contributed by atoms with Crippen molar-refractivity contribution in [3.05, 3.63) is 34.2 Å². The average Bonchev–Trinajstić information content (AvgIpc) is 2.28. The highest BCUT2D eigenvalue weighted by molar-refractivity contribution is 5.92. The van der Waals surface area contributed by atoms with Gasteiger partial charge in [-0.05, 0) is 18.9 Å². The van der Waals surface area contributed by atoms with Crippen LogP contribution < -0.4 is 10.9 Å². The zero-order chi connectivity index (χ0) is 11.8. The van der Waals surface area contributed by atoms with Crippen molar-refractivity contribution in [1.82, 2.24) is 10.3 Å². The molecule has 5 nitrogen and oxygen atoms in total. The number of amides is 1. The van der Waals surface area contributed by atoms with Gasteiger partial charge in [-0.1, -0.05) is 6.07 Å². The van der Waals surface area contributed by atoms with Crippen molar-refractivity contribution in [1.29, 1.82) is 5.26 Å². The van der Waals surface area contributed by atoms with Crippen LogP contribution in [0.15, 0.2) is 23.0 Å². The molecule has 0 fully saturated rings. The maximum absolute atomic E-state index is 11.5. The van der Waals surface area contributed by atoms with Crippen LogP contribution in [0.5, 0.6) is 0 Å². The monoisotopic (exact) mass is 219 g/mol. The number of aromatic amines is 1. The number of carbonyl (C=O) groups is 1. The van der Waals surface area contributed by atoms with Gasteiger partial charge < -0.3 is 10.3 Å². The first-order chi connectivity index (χ1) is 7.74. The second kappa shape index (κ2) is 6.40. The van der Waals surface area contributed by atoms with E-state index in [9.17, 15) is 9.59 Å². The Balaban J connectivity index is 2.36. The molecule has 2 N–H and O–H groups in total. The van der Waals surface area contributed by atoms with Crippen molar-refractivity contribution in [3.8, 4) is 6.07 Å². The van der Waals surface area contributed by atoms with E-state index in [-0.39, 0.29) is 17.2 Å². The van der Waals surface area contributed by atoms with Gasteiger partial charge in [0.2, 0.25) is 5.56 Å². The molecule has 1 heterocycles. The molecule has 1 aromatic rings. The Labute approximate surface area is 93.1 Å². The summed E-state index contributed by atoms with van der Waals surface area (Å²) in [5.74, 6) is -0.297. The minimum Gasteiger partial charge on any atom is -0.351 e. The maximum atomic E-state index is 11.5. The largest absolute Gasteiger partial charge is 0.351 e. The first kappa shape index (κ1) is 12.0. The first-order valence-corrected chi connectivity index (χ1v) is 5.08. The van der Waals surface area contributed by atoms with Gasteiger partial charge in [-0.3, -0.25) is 9.59 Å². The summed E-state index contributed by atoms with van der Waals surface area (Å²) in [7, 11) is 0. The van der Waals surface area contributed by atoms with E-state index in [0.29, 0.717) is 13.0 Å². The van der Waals surface area contributed by atoms with E-state index in [4.69, 9.17) is 5.26 Å². The van der Waals surface area contributed by atoms with E-state index in [1.54, 1.807) is 6.07 Å². The quantitative estimate of drug-likeness (QED) is 0.718. The third-order valence-corrected chi connectivity index (χ3v) is 2.01. The Morgan fingerprint density at radius 1 is 1.44 bits per heavy atom. The summed E-state index contributed by atoms with van der Waals surface area (Å²) in [4.78, 5) is 24.9. The average molecular weight is 219 g/mol. The van der Waals surface area contributed by atoms with E-state index < -0.39 is 0 Å². The minimum atomic E-state index is -0.297. The molecule has 1 aromatic heterocycles. The lowest BCUT2D eigenvalue weighted by Gasteiger charge is -2.03. The van der Waals surface area contributed by atoms with Crippen LogP contribution in [0.3, 0.4) is 0 Å². The molecule has 0 saturated carbocycles. The number of unbranched alkanes of at least 4 members (excludes halogenated alkanes) is 2. The number of hydrogen-bond acceptors (Lipinski definition) is 3. The van der Waals surface area contributed by atoms with E-state index in [2.05, 4.69) is 10.3 Å². The molecule has 16 heavy (non-hydrogen) atoms. The lowest BCUT2D eigenvalue weighted by molar-refractivity contribution is 0.0948. The zero-order valence-electron chi connectivity index (χ0n) is 8.82. The molecule has 0 aromatic carbocycles. The van der Waals surface area contributed by atoms with Gasteiger partial charge in [0.25, 0.3) is 5.91 Å². The maximum Gasteiger partial charge on any atom is 0.267 e. The highest BCUT2D eigenvalue weighted by Gasteiger charge is 2.04. The van der Waals surface area contributed by atoms with Crippen LogP contribution in [0.2, 0.25) is 0 Å². The molecule has 5 heteroatoms. The number of nitrogens with zero attached hydrogens (tertiary/aromatic N) is 1. The molecule has 0 saturated heterocycles. The predicted molar refractivity (Wildman–Crippen MR) is 58.9 cm³/mol. The molecule has 0 aliphatic heterocycles. The van der Waals surface area contributed by atoms with Gasteiger partial charge >= 0.3 is 0 Å². The smallest absolute Gasteiger partial charge is 0.267 e. The lowest BCUT2D eigenvalue weighted by atomic mass is 10.2. The van der Waals surface area contributed by atoms with Crippen LogP contribution in [0.4, 0.5) is 0 Å². The zero-order valence-corrected chi connectivity index (χ0v) is 8.82. The topological polar surface area (TPSA) is 85.8 Å². The number of nitrogens with one attached hydrogen (secondary N) is 2. The first-order valence-electron chi connectivity index (χ1n) is 5.08. The van der Waals surface area contributed by atoms with Crippen LogP contribution in [-0.2, 0) is 0 Å². The Morgan fingerprint density at radius 2 is 2.25 bits per heavy atom. The molecule has 1 amide bonds. The van der Waals surface area contributed by atoms with Crippen molar-refractivity contribution < 1.29 is 4.79 Å². The van der Waals surface area contributed by atoms with Crippen LogP contribution in [0, 0.1) is 11.3 Å². The number of aromatic nitrogens is 1. The SMILES string of the molecule is N#CCCCCNC(=O)c1cccc(=O)[nH]1. The molecule has 0 aliphatic carbocycles. The third kappa shape index (κ3) is 3.96. The van der Waals surface area contributed by atoms with Crippen molar-refractivity contribution in [2.75, 3.05) is 6.54 Å². The van der Waals surface area contributed by atoms with Crippen LogP contribution in [0.25, 0.3) is 0 Å². The molecule has 0 spiro atoms. The summed E-state index contributed by atoms with van der Waals surface area (Å²) in [5, 5.41) is 11.0. The van der Waals surface area contributed by atoms with Gasteiger partial charge in [0, 0.05) is 19.0 Å². The fourth-order valence-corrected chi connectivity index (χ4v) is 1.21. The van der Waals surface area contributed by atoms with Gasteiger partial charge in [0.05, 0.1) is 6.07 Å². The van der Waals surface area contributed by atoms with Crippen molar-refractivity contribution in [3.63, 3.8) is 0 Å². The highest BCUT2D eigenvalue weighted by atomic mass is 16.2. The summed E-state index contributed by atoms with van der Waals surface area (Å²) in [6, 6.07) is 6.46. The van der Waals surface area contributed by atoms with Gasteiger partial charge in [-0.15, -0.1) is 0 Å². The number of hydrogen-bond donors (Lipinski definition) is 2. The lowest BCUT2D eigenvalue weighted by Crippen LogP contribution is -2.26. The van der Waals surface area contributed by atoms with Gasteiger partial charge in [-0.25, -0.2) is 0 Å². The number of pyridine rings is 1. The number of nitriles is 1. The summed E-state index contributed by atoms with van der Waals surface area (Å²) in [6.45, 7) is 0.511. The molecule has 0 atom stereocenters. The molecular formula is C11H13N3O2. The van der Waals surface area contributed by atoms with Gasteiger partial charge in [-0.2, -0.15) is 5.26 Å². The molecule has 0 aliphatic rings. The Morgan fingerprint density at radius 3 is 2.94 bits per heavy atom. The Bertz CT molecular complexity index is 445. The fourth-order valence-electron chi connectivity index (χ4n) is 1.21. The van der Waals surface area contributed by atoms with Crippen LogP contribution in [0.1, 0.15) is 29.8 Å². The summed E-state index contributed by atoms with van der Waals surface area (Å²) < 4.78 is 0. The Kier molecular flexibility index (Phi) is 4.80. The molecule has 0 bridgehead atoms. The van der Waals surface area contributed by atoms with E-state index in [0.717, 1.165) is 12.8 Å². The Hall–Kier alpha value is -2.09. The number of rotatable bonds is 5. The van der Waals surface area contributed by atoms with Crippen molar-refractivity contribution in [2.24, 2.45) is 0 Å². The third-order valence-electron chi connectivity index (χ3n) is 2.01. The number of H-pyrrole nitrogens is 1. The predicted octanol–water partition coefficient (Wildman–Crippen LogP) is 0.799. The second-order valence-electron chi connectivity index (χ2n) is 3.30. The van der Waals surface area contributed by atoms with Crippen molar-refractivity contribution >= 4 is 5.91 Å². The summed E-state index contributed by atoms with van der Waals surface area (Å²) in [6.07, 6.45) is 2.02. The highest BCUT2D eigenvalue weighted by Crippen LogP contribution is 1.93. The van der Waals surface area contributed by atoms with E-state index >= 15 is 0 Å². The number of carbonyl (C=O) groups excluding carboxylic acids is 1. The van der Waals surface area contributed by atoms with Crippen LogP contribution in [-0.4, -0.2) is 17.4 Å². The van der Waals surface area contributed by atoms with Crippen LogP contribution >= 0.6 is 0 Å². The fraction of sp³-hybridized carbons (Fsp3) is 0.364. The molecule has 84 valence electrons. The summed E-state index contributed by atoms with van der Waals surface area (Å²) >= 11 is 0. The summed E-state index contributed by atoms with van der Waals surface area (Å²) in [5.41, 5.74) is -0.0371. The van der Waals surface area contributed by atoms with E-state index in [1.165, 1.54) is 12.1 Å². The normalized spacial score (nSPS) is 9.44.